The molecule has 144 valence electrons. The lowest BCUT2D eigenvalue weighted by atomic mass is 9.92. The van der Waals surface area contributed by atoms with Gasteiger partial charge in [0.2, 0.25) is 5.91 Å². The molecule has 7 heteroatoms. The van der Waals surface area contributed by atoms with Gasteiger partial charge < -0.3 is 15.4 Å². The highest BCUT2D eigenvalue weighted by Gasteiger charge is 2.49. The summed E-state index contributed by atoms with van der Waals surface area (Å²) >= 11 is 0. The van der Waals surface area contributed by atoms with Crippen LogP contribution in [0.5, 0.6) is 5.75 Å². The number of carbonyl (C=O) groups is 3. The minimum Gasteiger partial charge on any atom is -0.497 e. The third-order valence-electron chi connectivity index (χ3n) is 5.21. The summed E-state index contributed by atoms with van der Waals surface area (Å²) in [5.41, 5.74) is -0.559. The molecule has 1 aromatic carbocycles. The van der Waals surface area contributed by atoms with Crippen molar-refractivity contribution in [3.05, 3.63) is 42.0 Å². The number of allylic oxidation sites excluding steroid dienone is 2. The summed E-state index contributed by atoms with van der Waals surface area (Å²) in [6.45, 7) is 1.92. The highest BCUT2D eigenvalue weighted by Crippen LogP contribution is 2.29. The number of imide groups is 1. The zero-order chi connectivity index (χ0) is 19.4. The van der Waals surface area contributed by atoms with Gasteiger partial charge in [0.15, 0.2) is 0 Å². The maximum Gasteiger partial charge on any atom is 0.325 e. The van der Waals surface area contributed by atoms with E-state index in [0.29, 0.717) is 23.8 Å². The molecule has 27 heavy (non-hydrogen) atoms. The predicted octanol–water partition coefficient (Wildman–Crippen LogP) is 1.93. The first-order valence-electron chi connectivity index (χ1n) is 9.14. The number of hydrogen-bond donors (Lipinski definition) is 2. The van der Waals surface area contributed by atoms with Gasteiger partial charge in [0.1, 0.15) is 17.8 Å². The van der Waals surface area contributed by atoms with Crippen molar-refractivity contribution in [2.24, 2.45) is 5.92 Å². The largest absolute Gasteiger partial charge is 0.497 e. The van der Waals surface area contributed by atoms with Crippen molar-refractivity contribution in [1.82, 2.24) is 15.5 Å². The Hall–Kier alpha value is -2.83. The summed E-state index contributed by atoms with van der Waals surface area (Å²) in [7, 11) is 1.56. The standard InChI is InChI=1S/C20H25N3O4/c1-20(15-8-10-16(27-2)11-9-15)18(25)23(19(26)22-20)13-17(24)21-12-14-6-4-3-5-7-14/h3-4,8-11,14H,5-7,12-13H2,1-2H3,(H,21,24)(H,22,26). The van der Waals surface area contributed by atoms with E-state index in [-0.39, 0.29) is 12.5 Å². The second kappa shape index (κ2) is 7.82. The summed E-state index contributed by atoms with van der Waals surface area (Å²) in [5.74, 6) is 0.306. The van der Waals surface area contributed by atoms with E-state index >= 15 is 0 Å². The molecule has 2 aliphatic rings. The van der Waals surface area contributed by atoms with Crippen LogP contribution in [0.15, 0.2) is 36.4 Å². The first-order chi connectivity index (χ1) is 12.9. The Balaban J connectivity index is 1.62. The number of rotatable bonds is 6. The molecule has 2 N–H and O–H groups in total. The summed E-state index contributed by atoms with van der Waals surface area (Å²) in [6, 6.07) is 6.37. The minimum absolute atomic E-state index is 0.279. The van der Waals surface area contributed by atoms with Crippen LogP contribution in [-0.2, 0) is 15.1 Å². The van der Waals surface area contributed by atoms with Crippen LogP contribution in [0.3, 0.4) is 0 Å². The molecule has 0 saturated carbocycles. The molecule has 7 nitrogen and oxygen atoms in total. The number of amides is 4. The van der Waals surface area contributed by atoms with E-state index in [1.807, 2.05) is 0 Å². The zero-order valence-corrected chi connectivity index (χ0v) is 15.7. The van der Waals surface area contributed by atoms with Crippen molar-refractivity contribution in [2.45, 2.75) is 31.7 Å². The van der Waals surface area contributed by atoms with Crippen LogP contribution in [-0.4, -0.2) is 42.9 Å². The minimum atomic E-state index is -1.20. The lowest BCUT2D eigenvalue weighted by Gasteiger charge is -2.22. The van der Waals surface area contributed by atoms with E-state index in [0.717, 1.165) is 24.2 Å². The second-order valence-corrected chi connectivity index (χ2v) is 7.13. The quantitative estimate of drug-likeness (QED) is 0.591. The van der Waals surface area contributed by atoms with Gasteiger partial charge in [0, 0.05) is 6.54 Å². The number of ether oxygens (including phenoxy) is 1. The molecule has 0 aromatic heterocycles. The van der Waals surface area contributed by atoms with Crippen LogP contribution in [0.2, 0.25) is 0 Å². The molecule has 1 aliphatic heterocycles. The monoisotopic (exact) mass is 371 g/mol. The molecule has 1 aliphatic carbocycles. The van der Waals surface area contributed by atoms with Crippen LogP contribution < -0.4 is 15.4 Å². The summed E-state index contributed by atoms with van der Waals surface area (Å²) in [4.78, 5) is 38.4. The Bertz CT molecular complexity index is 759. The van der Waals surface area contributed by atoms with Crippen LogP contribution in [0.1, 0.15) is 31.7 Å². The normalized spacial score (nSPS) is 24.7. The highest BCUT2D eigenvalue weighted by atomic mass is 16.5. The third kappa shape index (κ3) is 3.97. The number of carbonyl (C=O) groups excluding carboxylic acids is 3. The molecule has 1 aromatic rings. The molecule has 1 saturated heterocycles. The van der Waals surface area contributed by atoms with Crippen LogP contribution in [0, 0.1) is 5.92 Å². The van der Waals surface area contributed by atoms with Crippen molar-refractivity contribution in [3.63, 3.8) is 0 Å². The molecule has 1 fully saturated rings. The van der Waals surface area contributed by atoms with Gasteiger partial charge in [-0.15, -0.1) is 0 Å². The van der Waals surface area contributed by atoms with Gasteiger partial charge in [-0.3, -0.25) is 14.5 Å². The molecule has 2 atom stereocenters. The Kier molecular flexibility index (Phi) is 5.48. The highest BCUT2D eigenvalue weighted by molar-refractivity contribution is 6.09. The van der Waals surface area contributed by atoms with Gasteiger partial charge in [-0.25, -0.2) is 4.79 Å². The maximum absolute atomic E-state index is 12.9. The first-order valence-corrected chi connectivity index (χ1v) is 9.14. The average molecular weight is 371 g/mol. The number of nitrogens with zero attached hydrogens (tertiary/aromatic N) is 1. The maximum atomic E-state index is 12.9. The Morgan fingerprint density at radius 2 is 2.04 bits per heavy atom. The van der Waals surface area contributed by atoms with Crippen molar-refractivity contribution in [2.75, 3.05) is 20.2 Å². The predicted molar refractivity (Wildman–Crippen MR) is 100 cm³/mol. The Labute approximate surface area is 158 Å². The van der Waals surface area contributed by atoms with E-state index in [1.54, 1.807) is 38.3 Å². The van der Waals surface area contributed by atoms with Crippen molar-refractivity contribution in [1.29, 1.82) is 0 Å². The smallest absolute Gasteiger partial charge is 0.325 e. The SMILES string of the molecule is COc1ccc(C2(C)NC(=O)N(CC(=O)NCC3CC=CCC3)C2=O)cc1. The van der Waals surface area contributed by atoms with E-state index < -0.39 is 17.5 Å². The van der Waals surface area contributed by atoms with Crippen LogP contribution in [0.25, 0.3) is 0 Å². The molecule has 0 bridgehead atoms. The van der Waals surface area contributed by atoms with Crippen molar-refractivity contribution >= 4 is 17.8 Å². The Morgan fingerprint density at radius 1 is 1.30 bits per heavy atom. The summed E-state index contributed by atoms with van der Waals surface area (Å²) < 4.78 is 5.12. The van der Waals surface area contributed by atoms with E-state index in [9.17, 15) is 14.4 Å². The third-order valence-corrected chi connectivity index (χ3v) is 5.21. The van der Waals surface area contributed by atoms with Crippen molar-refractivity contribution < 1.29 is 19.1 Å². The van der Waals surface area contributed by atoms with Gasteiger partial charge in [-0.1, -0.05) is 24.3 Å². The van der Waals surface area contributed by atoms with Crippen LogP contribution >= 0.6 is 0 Å². The fraction of sp³-hybridized carbons (Fsp3) is 0.450. The number of urea groups is 1. The fourth-order valence-electron chi connectivity index (χ4n) is 3.46. The van der Waals surface area contributed by atoms with Gasteiger partial charge in [0.25, 0.3) is 5.91 Å². The van der Waals surface area contributed by atoms with Crippen LogP contribution in [0.4, 0.5) is 4.79 Å². The van der Waals surface area contributed by atoms with Crippen molar-refractivity contribution in [3.8, 4) is 5.75 Å². The molecular formula is C20H25N3O4. The number of hydrogen-bond acceptors (Lipinski definition) is 4. The Morgan fingerprint density at radius 3 is 2.67 bits per heavy atom. The zero-order valence-electron chi connectivity index (χ0n) is 15.7. The number of nitrogens with one attached hydrogen (secondary N) is 2. The fourth-order valence-corrected chi connectivity index (χ4v) is 3.46. The molecular weight excluding hydrogens is 346 g/mol. The topological polar surface area (TPSA) is 87.7 Å². The molecule has 0 radical (unpaired) electrons. The second-order valence-electron chi connectivity index (χ2n) is 7.13. The molecule has 4 amide bonds. The van der Waals surface area contributed by atoms with Gasteiger partial charge in [-0.05, 0) is 49.8 Å². The summed E-state index contributed by atoms with van der Waals surface area (Å²) in [5, 5.41) is 5.54. The van der Waals surface area contributed by atoms with E-state index in [2.05, 4.69) is 22.8 Å². The first kappa shape index (κ1) is 18.9. The molecule has 1 heterocycles. The number of benzene rings is 1. The van der Waals surface area contributed by atoms with E-state index in [1.165, 1.54) is 0 Å². The van der Waals surface area contributed by atoms with Gasteiger partial charge in [-0.2, -0.15) is 0 Å². The lowest BCUT2D eigenvalue weighted by molar-refractivity contribution is -0.134. The van der Waals surface area contributed by atoms with E-state index in [4.69, 9.17) is 4.74 Å². The average Bonchev–Trinajstić information content (AvgIpc) is 2.91. The molecule has 3 rings (SSSR count). The van der Waals surface area contributed by atoms with Gasteiger partial charge >= 0.3 is 6.03 Å². The molecule has 0 spiro atoms. The summed E-state index contributed by atoms with van der Waals surface area (Å²) in [6.07, 6.45) is 7.27. The molecule has 2 unspecified atom stereocenters. The lowest BCUT2D eigenvalue weighted by Crippen LogP contribution is -2.44. The number of methoxy groups -OCH3 is 1. The van der Waals surface area contributed by atoms with Gasteiger partial charge in [0.05, 0.1) is 7.11 Å².